The second-order valence-electron chi connectivity index (χ2n) is 4.85. The number of hydrogen-bond acceptors (Lipinski definition) is 2. The van der Waals surface area contributed by atoms with Crippen LogP contribution in [0.2, 0.25) is 10.0 Å². The Labute approximate surface area is 143 Å². The van der Waals surface area contributed by atoms with Crippen LogP contribution in [0.4, 0.5) is 10.5 Å². The molecule has 3 amide bonds. The first-order valence-electron chi connectivity index (χ1n) is 6.81. The first kappa shape index (κ1) is 17.1. The fourth-order valence-electron chi connectivity index (χ4n) is 2.08. The van der Waals surface area contributed by atoms with Crippen LogP contribution in [0.25, 0.3) is 0 Å². The predicted octanol–water partition coefficient (Wildman–Crippen LogP) is 3.73. The lowest BCUT2D eigenvalue weighted by Crippen LogP contribution is -2.35. The van der Waals surface area contributed by atoms with Gasteiger partial charge in [0.15, 0.2) is 0 Å². The monoisotopic (exact) mass is 351 g/mol. The molecule has 0 aliphatic rings. The van der Waals surface area contributed by atoms with Crippen LogP contribution in [0.3, 0.4) is 0 Å². The Bertz CT molecular complexity index is 708. The first-order valence-corrected chi connectivity index (χ1v) is 7.57. The van der Waals surface area contributed by atoms with Crippen molar-refractivity contribution in [3.8, 4) is 0 Å². The lowest BCUT2D eigenvalue weighted by Gasteiger charge is -2.17. The third kappa shape index (κ3) is 5.16. The standard InChI is InChI=1S/C16H15Cl2N3O2/c17-12-7-6-11(8-13(12)18)20-15(22)9-14(21-16(19)23)10-4-2-1-3-5-10/h1-8,14H,9H2,(H,20,22)(H3,19,21,23)/t14-/m1/s1. The Morgan fingerprint density at radius 1 is 1.04 bits per heavy atom. The summed E-state index contributed by atoms with van der Waals surface area (Å²) in [5.74, 6) is -0.286. The lowest BCUT2D eigenvalue weighted by atomic mass is 10.0. The van der Waals surface area contributed by atoms with Crippen molar-refractivity contribution >= 4 is 40.8 Å². The fourth-order valence-corrected chi connectivity index (χ4v) is 2.38. The van der Waals surface area contributed by atoms with Crippen molar-refractivity contribution in [3.05, 3.63) is 64.1 Å². The third-order valence-electron chi connectivity index (χ3n) is 3.11. The van der Waals surface area contributed by atoms with E-state index in [-0.39, 0.29) is 12.3 Å². The van der Waals surface area contributed by atoms with Crippen LogP contribution in [0.15, 0.2) is 48.5 Å². The van der Waals surface area contributed by atoms with E-state index in [1.54, 1.807) is 18.2 Å². The van der Waals surface area contributed by atoms with E-state index >= 15 is 0 Å². The topological polar surface area (TPSA) is 84.2 Å². The molecule has 23 heavy (non-hydrogen) atoms. The molecule has 7 heteroatoms. The molecule has 0 aliphatic carbocycles. The number of hydrogen-bond donors (Lipinski definition) is 3. The summed E-state index contributed by atoms with van der Waals surface area (Å²) in [5, 5.41) is 6.02. The molecule has 0 unspecified atom stereocenters. The summed E-state index contributed by atoms with van der Waals surface area (Å²) < 4.78 is 0. The van der Waals surface area contributed by atoms with Crippen LogP contribution in [-0.2, 0) is 4.79 Å². The van der Waals surface area contributed by atoms with Crippen molar-refractivity contribution in [2.24, 2.45) is 5.73 Å². The average molecular weight is 352 g/mol. The minimum absolute atomic E-state index is 0.0349. The number of rotatable bonds is 5. The Hall–Kier alpha value is -2.24. The lowest BCUT2D eigenvalue weighted by molar-refractivity contribution is -0.116. The van der Waals surface area contributed by atoms with Gasteiger partial charge < -0.3 is 16.4 Å². The zero-order valence-corrected chi connectivity index (χ0v) is 13.6. The maximum Gasteiger partial charge on any atom is 0.312 e. The molecule has 0 saturated carbocycles. The number of carbonyl (C=O) groups is 2. The van der Waals surface area contributed by atoms with E-state index in [1.807, 2.05) is 30.3 Å². The van der Waals surface area contributed by atoms with Gasteiger partial charge in [-0.25, -0.2) is 4.79 Å². The second-order valence-corrected chi connectivity index (χ2v) is 5.67. The molecular weight excluding hydrogens is 337 g/mol. The molecule has 0 aromatic heterocycles. The highest BCUT2D eigenvalue weighted by Gasteiger charge is 2.17. The molecule has 0 radical (unpaired) electrons. The van der Waals surface area contributed by atoms with Gasteiger partial charge in [-0.05, 0) is 23.8 Å². The highest BCUT2D eigenvalue weighted by Crippen LogP contribution is 2.25. The highest BCUT2D eigenvalue weighted by molar-refractivity contribution is 6.42. The molecule has 2 aromatic rings. The number of carbonyl (C=O) groups excluding carboxylic acids is 2. The van der Waals surface area contributed by atoms with Gasteiger partial charge >= 0.3 is 6.03 Å². The molecule has 0 aliphatic heterocycles. The van der Waals surface area contributed by atoms with Gasteiger partial charge in [-0.3, -0.25) is 4.79 Å². The van der Waals surface area contributed by atoms with E-state index < -0.39 is 12.1 Å². The van der Waals surface area contributed by atoms with Crippen molar-refractivity contribution in [1.29, 1.82) is 0 Å². The summed E-state index contributed by atoms with van der Waals surface area (Å²) >= 11 is 11.7. The van der Waals surface area contributed by atoms with Crippen molar-refractivity contribution < 1.29 is 9.59 Å². The van der Waals surface area contributed by atoms with Crippen LogP contribution < -0.4 is 16.4 Å². The zero-order valence-electron chi connectivity index (χ0n) is 12.1. The molecule has 5 nitrogen and oxygen atoms in total. The summed E-state index contributed by atoms with van der Waals surface area (Å²) in [6.45, 7) is 0. The Morgan fingerprint density at radius 3 is 2.35 bits per heavy atom. The maximum atomic E-state index is 12.2. The Kier molecular flexibility index (Phi) is 5.84. The molecule has 0 fully saturated rings. The van der Waals surface area contributed by atoms with Crippen molar-refractivity contribution in [2.75, 3.05) is 5.32 Å². The van der Waals surface area contributed by atoms with Crippen LogP contribution in [0.1, 0.15) is 18.0 Å². The molecule has 0 bridgehead atoms. The summed E-state index contributed by atoms with van der Waals surface area (Å²) in [5.41, 5.74) is 6.49. The van der Waals surface area contributed by atoms with Gasteiger partial charge in [0.05, 0.1) is 22.5 Å². The van der Waals surface area contributed by atoms with Crippen molar-refractivity contribution in [1.82, 2.24) is 5.32 Å². The van der Waals surface area contributed by atoms with Gasteiger partial charge in [0.25, 0.3) is 0 Å². The number of urea groups is 1. The Balaban J connectivity index is 2.08. The SMILES string of the molecule is NC(=O)N[C@H](CC(=O)Nc1ccc(Cl)c(Cl)c1)c1ccccc1. The minimum atomic E-state index is -0.693. The van der Waals surface area contributed by atoms with Crippen molar-refractivity contribution in [3.63, 3.8) is 0 Å². The third-order valence-corrected chi connectivity index (χ3v) is 3.85. The van der Waals surface area contributed by atoms with Crippen LogP contribution in [0.5, 0.6) is 0 Å². The van der Waals surface area contributed by atoms with Gasteiger partial charge in [0.1, 0.15) is 0 Å². The maximum absolute atomic E-state index is 12.2. The fraction of sp³-hybridized carbons (Fsp3) is 0.125. The predicted molar refractivity (Wildman–Crippen MR) is 91.6 cm³/mol. The quantitative estimate of drug-likeness (QED) is 0.766. The van der Waals surface area contributed by atoms with E-state index in [9.17, 15) is 9.59 Å². The molecule has 2 aromatic carbocycles. The van der Waals surface area contributed by atoms with E-state index in [2.05, 4.69) is 10.6 Å². The summed E-state index contributed by atoms with van der Waals surface area (Å²) in [7, 11) is 0. The molecule has 0 spiro atoms. The van der Waals surface area contributed by atoms with E-state index in [0.29, 0.717) is 15.7 Å². The molecule has 4 N–H and O–H groups in total. The Morgan fingerprint density at radius 2 is 1.74 bits per heavy atom. The van der Waals surface area contributed by atoms with Gasteiger partial charge in [-0.15, -0.1) is 0 Å². The first-order chi connectivity index (χ1) is 11.0. The number of anilines is 1. The summed E-state index contributed by atoms with van der Waals surface area (Å²) in [4.78, 5) is 23.3. The number of primary amides is 1. The van der Waals surface area contributed by atoms with Crippen LogP contribution in [0, 0.1) is 0 Å². The minimum Gasteiger partial charge on any atom is -0.352 e. The summed E-state index contributed by atoms with van der Waals surface area (Å²) in [6.07, 6.45) is 0.0349. The normalized spacial score (nSPS) is 11.6. The summed E-state index contributed by atoms with van der Waals surface area (Å²) in [6, 6.07) is 12.7. The number of benzene rings is 2. The smallest absolute Gasteiger partial charge is 0.312 e. The molecule has 0 heterocycles. The molecule has 2 rings (SSSR count). The zero-order chi connectivity index (χ0) is 16.8. The van der Waals surface area contributed by atoms with E-state index in [4.69, 9.17) is 28.9 Å². The second kappa shape index (κ2) is 7.85. The average Bonchev–Trinajstić information content (AvgIpc) is 2.51. The number of nitrogens with one attached hydrogen (secondary N) is 2. The van der Waals surface area contributed by atoms with Crippen molar-refractivity contribution in [2.45, 2.75) is 12.5 Å². The van der Waals surface area contributed by atoms with Crippen LogP contribution >= 0.6 is 23.2 Å². The van der Waals surface area contributed by atoms with Gasteiger partial charge in [-0.1, -0.05) is 53.5 Å². The number of amides is 3. The van der Waals surface area contributed by atoms with Gasteiger partial charge in [0, 0.05) is 5.69 Å². The largest absolute Gasteiger partial charge is 0.352 e. The number of halogens is 2. The van der Waals surface area contributed by atoms with E-state index in [1.165, 1.54) is 0 Å². The van der Waals surface area contributed by atoms with E-state index in [0.717, 1.165) is 5.56 Å². The van der Waals surface area contributed by atoms with Gasteiger partial charge in [-0.2, -0.15) is 0 Å². The molecular formula is C16H15Cl2N3O2. The number of nitrogens with two attached hydrogens (primary N) is 1. The molecule has 1 atom stereocenters. The molecule has 120 valence electrons. The highest BCUT2D eigenvalue weighted by atomic mass is 35.5. The van der Waals surface area contributed by atoms with Crippen LogP contribution in [-0.4, -0.2) is 11.9 Å². The van der Waals surface area contributed by atoms with Gasteiger partial charge in [0.2, 0.25) is 5.91 Å². The molecule has 0 saturated heterocycles.